The highest BCUT2D eigenvalue weighted by atomic mass is 16.5. The van der Waals surface area contributed by atoms with Gasteiger partial charge in [-0.3, -0.25) is 19.3 Å². The number of anilines is 3. The standard InChI is InChI=1S/C46H49N3O6/c1-32(2)14-12-15-33(3)26-27-48-39-25-24-36(49-40-20-9-11-22-42(40)55-41-21-10-8-19-37(41)44(49)52)30-38(39)46(54,45(48)53)34(4)16-13-23-43(51)47(28-29-50)31-35-17-6-5-7-18-35/h5-11,13-14,16-22,24-26,30,34,50,54H,12,15,23,27-29,31H2,1-4H3/b16-13+,33-26+/t34-,46+/m0/s1. The Morgan fingerprint density at radius 3 is 2.35 bits per heavy atom. The van der Waals surface area contributed by atoms with E-state index in [0.717, 1.165) is 24.0 Å². The predicted molar refractivity (Wildman–Crippen MR) is 216 cm³/mol. The second-order valence-electron chi connectivity index (χ2n) is 14.4. The quantitative estimate of drug-likeness (QED) is 0.125. The fraction of sp³-hybridized carbons (Fsp3) is 0.283. The van der Waals surface area contributed by atoms with Gasteiger partial charge < -0.3 is 24.7 Å². The number of carbonyl (C=O) groups is 3. The topological polar surface area (TPSA) is 111 Å². The van der Waals surface area contributed by atoms with Gasteiger partial charge in [0.15, 0.2) is 11.4 Å². The van der Waals surface area contributed by atoms with Crippen LogP contribution in [0.15, 0.2) is 133 Å². The van der Waals surface area contributed by atoms with Crippen molar-refractivity contribution in [2.24, 2.45) is 5.92 Å². The first-order valence-electron chi connectivity index (χ1n) is 18.8. The molecule has 2 N–H and O–H groups in total. The fourth-order valence-electron chi connectivity index (χ4n) is 7.12. The number of benzene rings is 4. The lowest BCUT2D eigenvalue weighted by molar-refractivity contribution is -0.139. The molecule has 6 rings (SSSR count). The van der Waals surface area contributed by atoms with Gasteiger partial charge in [-0.15, -0.1) is 0 Å². The Labute approximate surface area is 323 Å². The van der Waals surface area contributed by atoms with Crippen LogP contribution in [0.4, 0.5) is 17.1 Å². The lowest BCUT2D eigenvalue weighted by Gasteiger charge is -2.28. The first kappa shape index (κ1) is 38.9. The molecule has 284 valence electrons. The van der Waals surface area contributed by atoms with Crippen LogP contribution in [0.3, 0.4) is 0 Å². The van der Waals surface area contributed by atoms with Crippen LogP contribution in [-0.4, -0.2) is 52.5 Å². The summed E-state index contributed by atoms with van der Waals surface area (Å²) in [7, 11) is 0. The number of amides is 3. The zero-order valence-corrected chi connectivity index (χ0v) is 31.9. The SMILES string of the molecule is CC(C)=CCC/C(C)=C/CN1C(=O)[C@@](O)([C@@H](C)/C=C/CC(=O)N(CCO)Cc2ccccc2)c2cc(N3C(=O)c4ccccc4Oc4ccccc43)ccc21. The Kier molecular flexibility index (Phi) is 12.1. The van der Waals surface area contributed by atoms with Crippen molar-refractivity contribution in [1.82, 2.24) is 4.90 Å². The first-order valence-corrected chi connectivity index (χ1v) is 18.8. The number of allylic oxidation sites excluding steroid dienone is 3. The number of nitrogens with zero attached hydrogens (tertiary/aromatic N) is 3. The average Bonchev–Trinajstić information content (AvgIpc) is 3.31. The van der Waals surface area contributed by atoms with Crippen LogP contribution in [0.5, 0.6) is 11.5 Å². The van der Waals surface area contributed by atoms with Gasteiger partial charge in [0, 0.05) is 43.2 Å². The molecule has 2 aliphatic rings. The molecule has 0 saturated heterocycles. The highest BCUT2D eigenvalue weighted by Gasteiger charge is 2.52. The number of aliphatic hydroxyl groups excluding tert-OH is 1. The van der Waals surface area contributed by atoms with Crippen LogP contribution in [-0.2, 0) is 21.7 Å². The third kappa shape index (κ3) is 8.33. The van der Waals surface area contributed by atoms with Gasteiger partial charge in [-0.2, -0.15) is 0 Å². The Balaban J connectivity index is 1.35. The molecule has 2 heterocycles. The van der Waals surface area contributed by atoms with E-state index in [1.165, 1.54) is 5.57 Å². The molecule has 4 aromatic rings. The van der Waals surface area contributed by atoms with Crippen molar-refractivity contribution in [3.63, 3.8) is 0 Å². The maximum absolute atomic E-state index is 14.5. The minimum atomic E-state index is -2.01. The second-order valence-corrected chi connectivity index (χ2v) is 14.4. The Morgan fingerprint density at radius 2 is 1.60 bits per heavy atom. The van der Waals surface area contributed by atoms with Crippen molar-refractivity contribution in [2.45, 2.75) is 59.1 Å². The van der Waals surface area contributed by atoms with Crippen molar-refractivity contribution >= 4 is 34.8 Å². The summed E-state index contributed by atoms with van der Waals surface area (Å²) in [6, 6.07) is 29.2. The van der Waals surface area contributed by atoms with Gasteiger partial charge in [0.2, 0.25) is 5.91 Å². The Bertz CT molecular complexity index is 2140. The lowest BCUT2D eigenvalue weighted by atomic mass is 9.82. The Morgan fingerprint density at radius 1 is 0.891 bits per heavy atom. The van der Waals surface area contributed by atoms with Gasteiger partial charge >= 0.3 is 0 Å². The summed E-state index contributed by atoms with van der Waals surface area (Å²) in [5.74, 6) is -0.821. The molecular formula is C46H49N3O6. The molecular weight excluding hydrogens is 691 g/mol. The van der Waals surface area contributed by atoms with Gasteiger partial charge in [-0.25, -0.2) is 0 Å². The molecule has 0 bridgehead atoms. The van der Waals surface area contributed by atoms with Crippen molar-refractivity contribution in [3.8, 4) is 11.5 Å². The van der Waals surface area contributed by atoms with E-state index in [-0.39, 0.29) is 37.9 Å². The highest BCUT2D eigenvalue weighted by molar-refractivity contribution is 6.15. The lowest BCUT2D eigenvalue weighted by Crippen LogP contribution is -2.44. The summed E-state index contributed by atoms with van der Waals surface area (Å²) in [5, 5.41) is 22.3. The number of para-hydroxylation sites is 3. The van der Waals surface area contributed by atoms with E-state index >= 15 is 0 Å². The molecule has 55 heavy (non-hydrogen) atoms. The van der Waals surface area contributed by atoms with E-state index in [0.29, 0.717) is 46.2 Å². The third-order valence-corrected chi connectivity index (χ3v) is 10.2. The second kappa shape index (κ2) is 17.1. The zero-order chi connectivity index (χ0) is 39.1. The van der Waals surface area contributed by atoms with E-state index in [2.05, 4.69) is 19.9 Å². The molecule has 0 radical (unpaired) electrons. The number of ether oxygens (including phenoxy) is 1. The monoisotopic (exact) mass is 739 g/mol. The number of fused-ring (bicyclic) bond motifs is 3. The largest absolute Gasteiger partial charge is 0.454 e. The normalized spacial score (nSPS) is 16.9. The molecule has 9 nitrogen and oxygen atoms in total. The van der Waals surface area contributed by atoms with Gasteiger partial charge in [-0.05, 0) is 81.6 Å². The van der Waals surface area contributed by atoms with E-state index in [1.54, 1.807) is 82.3 Å². The van der Waals surface area contributed by atoms with E-state index < -0.39 is 17.4 Å². The molecule has 4 aromatic carbocycles. The maximum atomic E-state index is 14.5. The molecule has 0 unspecified atom stereocenters. The van der Waals surface area contributed by atoms with Crippen molar-refractivity contribution in [2.75, 3.05) is 29.5 Å². The fourth-order valence-corrected chi connectivity index (χ4v) is 7.12. The van der Waals surface area contributed by atoms with Crippen LogP contribution in [0.1, 0.15) is 68.4 Å². The molecule has 2 atom stereocenters. The summed E-state index contributed by atoms with van der Waals surface area (Å²) in [6.07, 6.45) is 9.33. The molecule has 9 heteroatoms. The molecule has 0 aliphatic carbocycles. The van der Waals surface area contributed by atoms with Gasteiger partial charge in [0.1, 0.15) is 5.75 Å². The summed E-state index contributed by atoms with van der Waals surface area (Å²) in [6.45, 7) is 8.55. The molecule has 3 amide bonds. The number of hydrogen-bond acceptors (Lipinski definition) is 6. The van der Waals surface area contributed by atoms with Crippen LogP contribution >= 0.6 is 0 Å². The summed E-state index contributed by atoms with van der Waals surface area (Å²) in [4.78, 5) is 46.9. The summed E-state index contributed by atoms with van der Waals surface area (Å²) < 4.78 is 6.22. The van der Waals surface area contributed by atoms with Crippen LogP contribution in [0, 0.1) is 5.92 Å². The molecule has 2 aliphatic heterocycles. The first-order chi connectivity index (χ1) is 26.5. The smallest absolute Gasteiger partial charge is 0.266 e. The van der Waals surface area contributed by atoms with Crippen LogP contribution < -0.4 is 14.5 Å². The number of carbonyl (C=O) groups excluding carboxylic acids is 3. The van der Waals surface area contributed by atoms with E-state index in [9.17, 15) is 24.6 Å². The zero-order valence-electron chi connectivity index (χ0n) is 31.9. The molecule has 0 fully saturated rings. The maximum Gasteiger partial charge on any atom is 0.266 e. The van der Waals surface area contributed by atoms with Gasteiger partial charge in [0.25, 0.3) is 11.8 Å². The molecule has 0 saturated carbocycles. The van der Waals surface area contributed by atoms with Crippen LogP contribution in [0.25, 0.3) is 0 Å². The van der Waals surface area contributed by atoms with Gasteiger partial charge in [0.05, 0.1) is 23.5 Å². The summed E-state index contributed by atoms with van der Waals surface area (Å²) in [5.41, 5.74) is 3.59. The van der Waals surface area contributed by atoms with Crippen molar-refractivity contribution in [1.29, 1.82) is 0 Å². The summed E-state index contributed by atoms with van der Waals surface area (Å²) >= 11 is 0. The minimum absolute atomic E-state index is 0.0180. The average molecular weight is 740 g/mol. The highest BCUT2D eigenvalue weighted by Crippen LogP contribution is 2.49. The minimum Gasteiger partial charge on any atom is -0.454 e. The number of rotatable bonds is 14. The number of aliphatic hydroxyl groups is 2. The molecule has 0 aromatic heterocycles. The van der Waals surface area contributed by atoms with Crippen LogP contribution in [0.2, 0.25) is 0 Å². The van der Waals surface area contributed by atoms with E-state index in [4.69, 9.17) is 4.74 Å². The predicted octanol–water partition coefficient (Wildman–Crippen LogP) is 8.60. The van der Waals surface area contributed by atoms with Crippen molar-refractivity contribution < 1.29 is 29.3 Å². The Hall–Kier alpha value is -5.77. The third-order valence-electron chi connectivity index (χ3n) is 10.2. The molecule has 0 spiro atoms. The van der Waals surface area contributed by atoms with Crippen molar-refractivity contribution in [3.05, 3.63) is 149 Å². The number of hydrogen-bond donors (Lipinski definition) is 2. The van der Waals surface area contributed by atoms with E-state index in [1.807, 2.05) is 61.5 Å². The van der Waals surface area contributed by atoms with Gasteiger partial charge in [-0.1, -0.05) is 97.0 Å².